The maximum atomic E-state index is 12.5. The predicted molar refractivity (Wildman–Crippen MR) is 164 cm³/mol. The van der Waals surface area contributed by atoms with Crippen molar-refractivity contribution in [3.63, 3.8) is 0 Å². The van der Waals surface area contributed by atoms with E-state index in [0.717, 1.165) is 73.3 Å². The first-order valence-electron chi connectivity index (χ1n) is 12.8. The maximum absolute atomic E-state index is 12.5. The van der Waals surface area contributed by atoms with E-state index in [9.17, 15) is 4.79 Å². The van der Waals surface area contributed by atoms with Crippen LogP contribution in [0.1, 0.15) is 67.3 Å². The summed E-state index contributed by atoms with van der Waals surface area (Å²) in [7, 11) is 0. The summed E-state index contributed by atoms with van der Waals surface area (Å²) in [6, 6.07) is 13.1. The summed E-state index contributed by atoms with van der Waals surface area (Å²) < 4.78 is 0. The van der Waals surface area contributed by atoms with Gasteiger partial charge in [-0.15, -0.1) is 0 Å². The second-order valence-corrected chi connectivity index (χ2v) is 11.3. The van der Waals surface area contributed by atoms with Crippen LogP contribution in [0.15, 0.2) is 54.5 Å². The minimum atomic E-state index is 0. The molecule has 2 aliphatic rings. The van der Waals surface area contributed by atoms with Crippen LogP contribution in [-0.2, 0) is 4.79 Å². The maximum Gasteiger partial charge on any atom is 0.236 e. The molecule has 5 heteroatoms. The molecular formula is C31H49N3OS. The number of nitrogens with one attached hydrogen (secondary N) is 1. The molecule has 1 amide bonds. The minimum Gasteiger partial charge on any atom is -0.385 e. The van der Waals surface area contributed by atoms with E-state index in [-0.39, 0.29) is 16.3 Å². The van der Waals surface area contributed by atoms with Crippen molar-refractivity contribution in [1.29, 1.82) is 0 Å². The topological polar surface area (TPSA) is 35.6 Å². The molecule has 2 saturated heterocycles. The van der Waals surface area contributed by atoms with Gasteiger partial charge in [0.05, 0.1) is 6.54 Å². The number of hydrogen-bond donors (Lipinski definition) is 1. The fourth-order valence-corrected chi connectivity index (χ4v) is 5.79. The number of anilines is 1. The summed E-state index contributed by atoms with van der Waals surface area (Å²) in [5.74, 6) is 1.08. The van der Waals surface area contributed by atoms with Gasteiger partial charge in [0.1, 0.15) is 0 Å². The van der Waals surface area contributed by atoms with E-state index in [2.05, 4.69) is 64.7 Å². The van der Waals surface area contributed by atoms with Gasteiger partial charge in [0, 0.05) is 31.7 Å². The van der Waals surface area contributed by atoms with E-state index in [0.29, 0.717) is 12.5 Å². The van der Waals surface area contributed by atoms with Crippen LogP contribution in [0.4, 0.5) is 5.69 Å². The monoisotopic (exact) mass is 511 g/mol. The van der Waals surface area contributed by atoms with E-state index < -0.39 is 0 Å². The Morgan fingerprint density at radius 2 is 1.72 bits per heavy atom. The van der Waals surface area contributed by atoms with Crippen LogP contribution in [0, 0.1) is 5.92 Å². The zero-order valence-corrected chi connectivity index (χ0v) is 21.5. The van der Waals surface area contributed by atoms with Crippen LogP contribution in [-0.4, -0.2) is 55.0 Å². The molecule has 36 heavy (non-hydrogen) atoms. The zero-order valence-electron chi connectivity index (χ0n) is 20.7. The highest BCUT2D eigenvalue weighted by Gasteiger charge is 2.24. The van der Waals surface area contributed by atoms with Crippen LogP contribution < -0.4 is 5.32 Å². The standard InChI is InChI=1S/C29H39N3OS.2CH4.H2/c1-22(2)34-23(3)26-9-8-25-10-11-28(20-27(25)19-26)30-14-6-7-24-12-17-32(18-13-24)29(33)21-31-15-4-5-16-31;;;/h8-11,19-20,24,30H,1,3-7,12-18,21H2,2H3;2*1H4;1H. The van der Waals surface area contributed by atoms with Crippen molar-refractivity contribution < 1.29 is 6.22 Å². The van der Waals surface area contributed by atoms with E-state index in [1.165, 1.54) is 35.7 Å². The number of rotatable bonds is 10. The van der Waals surface area contributed by atoms with Crippen LogP contribution in [0.2, 0.25) is 0 Å². The van der Waals surface area contributed by atoms with Crippen LogP contribution in [0.25, 0.3) is 15.7 Å². The second kappa shape index (κ2) is 14.5. The molecule has 0 aromatic heterocycles. The van der Waals surface area contributed by atoms with Gasteiger partial charge in [-0.25, -0.2) is 0 Å². The summed E-state index contributed by atoms with van der Waals surface area (Å²) in [6.45, 7) is 15.9. The first-order chi connectivity index (χ1) is 16.5. The van der Waals surface area contributed by atoms with Crippen molar-refractivity contribution >= 4 is 39.0 Å². The molecule has 2 fully saturated rings. The lowest BCUT2D eigenvalue weighted by molar-refractivity contribution is -0.133. The van der Waals surface area contributed by atoms with Gasteiger partial charge < -0.3 is 10.2 Å². The number of nitrogens with zero attached hydrogens (tertiary/aromatic N) is 2. The highest BCUT2D eigenvalue weighted by molar-refractivity contribution is 8.11. The molecule has 2 heterocycles. The van der Waals surface area contributed by atoms with E-state index in [1.54, 1.807) is 11.8 Å². The molecular weight excluding hydrogens is 462 g/mol. The third kappa shape index (κ3) is 8.41. The van der Waals surface area contributed by atoms with Gasteiger partial charge in [-0.2, -0.15) is 0 Å². The van der Waals surface area contributed by atoms with Crippen molar-refractivity contribution in [2.75, 3.05) is 44.6 Å². The smallest absolute Gasteiger partial charge is 0.236 e. The fraction of sp³-hybridized carbons (Fsp3) is 0.516. The van der Waals surface area contributed by atoms with Crippen molar-refractivity contribution in [2.24, 2.45) is 5.92 Å². The molecule has 4 rings (SSSR count). The largest absolute Gasteiger partial charge is 0.385 e. The number of fused-ring (bicyclic) bond motifs is 1. The molecule has 4 nitrogen and oxygen atoms in total. The number of carbonyl (C=O) groups excluding carboxylic acids is 1. The zero-order chi connectivity index (χ0) is 23.9. The quantitative estimate of drug-likeness (QED) is 0.327. The highest BCUT2D eigenvalue weighted by atomic mass is 32.2. The molecule has 0 bridgehead atoms. The number of allylic oxidation sites excluding steroid dienone is 1. The molecule has 0 spiro atoms. The van der Waals surface area contributed by atoms with Crippen molar-refractivity contribution in [2.45, 2.75) is 60.3 Å². The number of likely N-dealkylation sites (tertiary alicyclic amines) is 2. The third-order valence-corrected chi connectivity index (χ3v) is 7.93. The summed E-state index contributed by atoms with van der Waals surface area (Å²) in [5.41, 5.74) is 2.33. The van der Waals surface area contributed by atoms with Crippen LogP contribution >= 0.6 is 11.8 Å². The molecule has 0 saturated carbocycles. The Hall–Kier alpha value is -2.24. The SMILES string of the molecule is C.C.C=C(C)SC(=C)c1ccc2ccc(NCCCC3CCN(C(=O)CN4CCCC4)CC3)cc2c1.[HH]. The molecule has 2 aliphatic heterocycles. The van der Waals surface area contributed by atoms with Gasteiger partial charge in [0.15, 0.2) is 0 Å². The van der Waals surface area contributed by atoms with Gasteiger partial charge in [-0.1, -0.05) is 58.0 Å². The minimum absolute atomic E-state index is 0. The molecule has 0 aliphatic carbocycles. The Labute approximate surface area is 225 Å². The summed E-state index contributed by atoms with van der Waals surface area (Å²) in [6.07, 6.45) is 7.18. The van der Waals surface area contributed by atoms with Crippen molar-refractivity contribution in [1.82, 2.24) is 9.80 Å². The van der Waals surface area contributed by atoms with Crippen LogP contribution in [0.5, 0.6) is 0 Å². The lowest BCUT2D eigenvalue weighted by atomic mass is 9.92. The Kier molecular flexibility index (Phi) is 12.1. The molecule has 1 N–H and O–H groups in total. The Balaban J connectivity index is 0.00000228. The first kappa shape index (κ1) is 30.0. The Morgan fingerprint density at radius 3 is 2.42 bits per heavy atom. The van der Waals surface area contributed by atoms with Gasteiger partial charge in [0.25, 0.3) is 0 Å². The average Bonchev–Trinajstić information content (AvgIpc) is 3.34. The summed E-state index contributed by atoms with van der Waals surface area (Å²) in [4.78, 5) is 19.0. The Morgan fingerprint density at radius 1 is 1.03 bits per heavy atom. The summed E-state index contributed by atoms with van der Waals surface area (Å²) in [5, 5.41) is 6.09. The van der Waals surface area contributed by atoms with Gasteiger partial charge in [-0.05, 0) is 104 Å². The molecule has 0 atom stereocenters. The van der Waals surface area contributed by atoms with Gasteiger partial charge >= 0.3 is 0 Å². The fourth-order valence-electron chi connectivity index (χ4n) is 5.13. The van der Waals surface area contributed by atoms with Crippen molar-refractivity contribution in [3.05, 3.63) is 60.0 Å². The Bertz CT molecular complexity index is 1030. The predicted octanol–water partition coefficient (Wildman–Crippen LogP) is 8.12. The number of hydrogen-bond acceptors (Lipinski definition) is 4. The highest BCUT2D eigenvalue weighted by Crippen LogP contribution is 2.33. The summed E-state index contributed by atoms with van der Waals surface area (Å²) >= 11 is 1.63. The molecule has 200 valence electrons. The number of benzene rings is 2. The van der Waals surface area contributed by atoms with E-state index in [4.69, 9.17) is 0 Å². The molecule has 2 aromatic rings. The van der Waals surface area contributed by atoms with E-state index in [1.807, 2.05) is 6.92 Å². The molecule has 2 aromatic carbocycles. The molecule has 0 radical (unpaired) electrons. The number of piperidine rings is 1. The number of carbonyl (C=O) groups is 1. The lowest BCUT2D eigenvalue weighted by Gasteiger charge is -2.33. The first-order valence-corrected chi connectivity index (χ1v) is 13.6. The van der Waals surface area contributed by atoms with E-state index >= 15 is 0 Å². The average molecular weight is 512 g/mol. The number of amides is 1. The number of thioether (sulfide) groups is 1. The lowest BCUT2D eigenvalue weighted by Crippen LogP contribution is -2.43. The van der Waals surface area contributed by atoms with Crippen molar-refractivity contribution in [3.8, 4) is 0 Å². The third-order valence-electron chi connectivity index (χ3n) is 7.10. The van der Waals surface area contributed by atoms with Crippen LogP contribution in [0.3, 0.4) is 0 Å². The van der Waals surface area contributed by atoms with Gasteiger partial charge in [-0.3, -0.25) is 9.69 Å². The second-order valence-electron chi connectivity index (χ2n) is 9.88. The van der Waals surface area contributed by atoms with Gasteiger partial charge in [0.2, 0.25) is 5.91 Å². The normalized spacial score (nSPS) is 16.3. The molecule has 0 unspecified atom stereocenters.